The average Bonchev–Trinajstić information content (AvgIpc) is 4.10. The Hall–Kier alpha value is -6.66. The second-order valence-electron chi connectivity index (χ2n) is 22.2. The Bertz CT molecular complexity index is 2680. The molecular formula is C61H91F3N12O8. The van der Waals surface area contributed by atoms with Gasteiger partial charge >= 0.3 is 12.1 Å². The highest BCUT2D eigenvalue weighted by atomic mass is 19.4. The van der Waals surface area contributed by atoms with Gasteiger partial charge < -0.3 is 37.5 Å². The number of hydrazine groups is 3. The third-order valence-corrected chi connectivity index (χ3v) is 15.3. The van der Waals surface area contributed by atoms with Crippen LogP contribution in [0, 0.1) is 5.92 Å². The summed E-state index contributed by atoms with van der Waals surface area (Å²) in [4.78, 5) is 99.5. The normalized spacial score (nSPS) is 19.3. The molecule has 20 nitrogen and oxygen atoms in total. The van der Waals surface area contributed by atoms with Gasteiger partial charge in [-0.1, -0.05) is 157 Å². The van der Waals surface area contributed by atoms with E-state index in [1.807, 2.05) is 72.9 Å². The fourth-order valence-electron chi connectivity index (χ4n) is 10.8. The minimum absolute atomic E-state index is 0.0986. The number of H-pyrrole nitrogens is 1. The molecule has 3 aromatic carbocycles. The number of nitrogens with two attached hydrogens (primary N) is 2. The minimum Gasteiger partial charge on any atom is -0.475 e. The molecule has 1 aliphatic carbocycles. The molecule has 2 aliphatic rings. The molecule has 1 aliphatic heterocycles. The first-order valence-corrected chi connectivity index (χ1v) is 30.2. The van der Waals surface area contributed by atoms with Crippen molar-refractivity contribution >= 4 is 63.1 Å². The number of nitrogens with one attached hydrogen (secondary N) is 7. The quantitative estimate of drug-likeness (QED) is 0.0302. The van der Waals surface area contributed by atoms with Gasteiger partial charge in [-0.3, -0.25) is 45.0 Å². The van der Waals surface area contributed by atoms with E-state index in [1.165, 1.54) is 48.5 Å². The van der Waals surface area contributed by atoms with Crippen molar-refractivity contribution in [2.45, 2.75) is 179 Å². The van der Waals surface area contributed by atoms with E-state index in [2.05, 4.69) is 44.1 Å². The summed E-state index contributed by atoms with van der Waals surface area (Å²) in [6.45, 7) is 2.89. The van der Waals surface area contributed by atoms with Crippen LogP contribution in [0.1, 0.15) is 153 Å². The third kappa shape index (κ3) is 24.5. The van der Waals surface area contributed by atoms with Crippen molar-refractivity contribution in [3.8, 4) is 0 Å². The molecule has 2 fully saturated rings. The van der Waals surface area contributed by atoms with Crippen LogP contribution in [0.3, 0.4) is 0 Å². The molecule has 1 aromatic heterocycles. The molecule has 0 bridgehead atoms. The van der Waals surface area contributed by atoms with Crippen LogP contribution >= 0.6 is 0 Å². The van der Waals surface area contributed by atoms with Gasteiger partial charge in [-0.25, -0.2) is 19.8 Å². The second kappa shape index (κ2) is 36.9. The third-order valence-electron chi connectivity index (χ3n) is 15.3. The Morgan fingerprint density at radius 2 is 1.06 bits per heavy atom. The summed E-state index contributed by atoms with van der Waals surface area (Å²) in [6.07, 6.45) is 16.0. The lowest BCUT2D eigenvalue weighted by Crippen LogP contribution is -2.58. The lowest BCUT2D eigenvalue weighted by atomic mass is 9.84. The predicted octanol–water partition coefficient (Wildman–Crippen LogP) is 6.92. The fourth-order valence-corrected chi connectivity index (χ4v) is 10.8. The fraction of sp³-hybridized carbons (Fsp3) is 0.590. The van der Waals surface area contributed by atoms with Crippen LogP contribution in [0.2, 0.25) is 0 Å². The number of aliphatic carboxylic acids is 1. The average molecular weight is 1180 g/mol. The van der Waals surface area contributed by atoms with Crippen molar-refractivity contribution in [2.75, 3.05) is 45.8 Å². The maximum absolute atomic E-state index is 15.0. The van der Waals surface area contributed by atoms with E-state index in [9.17, 15) is 41.9 Å². The number of fused-ring (bicyclic) bond motifs is 2. The largest absolute Gasteiger partial charge is 0.490 e. The number of rotatable bonds is 25. The number of para-hydroxylation sites is 1. The van der Waals surface area contributed by atoms with Crippen LogP contribution in [0.15, 0.2) is 72.9 Å². The first kappa shape index (κ1) is 68.1. The summed E-state index contributed by atoms with van der Waals surface area (Å²) >= 11 is 0. The van der Waals surface area contributed by atoms with Crippen molar-refractivity contribution in [3.05, 3.63) is 84.1 Å². The van der Waals surface area contributed by atoms with Gasteiger partial charge in [0.15, 0.2) is 0 Å². The van der Waals surface area contributed by atoms with E-state index in [1.54, 1.807) is 5.01 Å². The van der Waals surface area contributed by atoms with Crippen LogP contribution in [0.25, 0.3) is 21.7 Å². The SMILES string of the molecule is CCCCCCCCCCCCN1CC(=O)N[C@@H](Cc2c[nH]c3ccccc23)C(=O)NN(Cc2cccc3ccccc23)CC(=O)N[C@@H](CCCCN)C(=O)NN(CCCCN)CC(=O)N[C@@H](CC2CCCCC2)C(=O)N1.O=C(O)C(F)(F)F. The van der Waals surface area contributed by atoms with Gasteiger partial charge in [0.1, 0.15) is 18.1 Å². The van der Waals surface area contributed by atoms with E-state index >= 15 is 0 Å². The zero-order chi connectivity index (χ0) is 60.7. The number of aromatic amines is 1. The number of benzene rings is 3. The smallest absolute Gasteiger partial charge is 0.475 e. The summed E-state index contributed by atoms with van der Waals surface area (Å²) < 4.78 is 31.7. The van der Waals surface area contributed by atoms with Crippen molar-refractivity contribution in [3.63, 3.8) is 0 Å². The number of nitrogens with zero attached hydrogens (tertiary/aromatic N) is 3. The Morgan fingerprint density at radius 3 is 1.68 bits per heavy atom. The summed E-state index contributed by atoms with van der Waals surface area (Å²) in [7, 11) is 0. The second-order valence-corrected chi connectivity index (χ2v) is 22.2. The number of carboxylic acids is 1. The number of carboxylic acid groups (broad SMARTS) is 1. The molecule has 4 aromatic rings. The van der Waals surface area contributed by atoms with Gasteiger partial charge in [-0.15, -0.1) is 0 Å². The first-order chi connectivity index (χ1) is 40.5. The van der Waals surface area contributed by atoms with E-state index in [0.717, 1.165) is 84.2 Å². The van der Waals surface area contributed by atoms with Crippen LogP contribution in [-0.4, -0.2) is 137 Å². The van der Waals surface area contributed by atoms with E-state index < -0.39 is 65.7 Å². The molecule has 2 heterocycles. The van der Waals surface area contributed by atoms with Crippen molar-refractivity contribution < 1.29 is 51.8 Å². The Balaban J connectivity index is 0.00000173. The van der Waals surface area contributed by atoms with Gasteiger partial charge in [0, 0.05) is 43.2 Å². The highest BCUT2D eigenvalue weighted by Crippen LogP contribution is 2.28. The number of hydrogen-bond donors (Lipinski definition) is 10. The first-order valence-electron chi connectivity index (χ1n) is 30.2. The molecule has 23 heteroatoms. The molecular weight excluding hydrogens is 1090 g/mol. The number of alkyl halides is 3. The van der Waals surface area contributed by atoms with E-state index in [-0.39, 0.29) is 51.5 Å². The number of amides is 6. The Kier molecular flexibility index (Phi) is 29.9. The maximum atomic E-state index is 15.0. The van der Waals surface area contributed by atoms with E-state index in [0.29, 0.717) is 58.2 Å². The zero-order valence-corrected chi connectivity index (χ0v) is 48.9. The number of carbonyl (C=O) groups is 7. The molecule has 6 amide bonds. The number of unbranched alkanes of at least 4 members (excludes halogenated alkanes) is 11. The molecule has 1 saturated heterocycles. The highest BCUT2D eigenvalue weighted by Gasteiger charge is 2.38. The molecule has 84 heavy (non-hydrogen) atoms. The lowest BCUT2D eigenvalue weighted by molar-refractivity contribution is -0.192. The standard InChI is InChI=1S/C59H90N12O6.C2HF3O2/c1-2-3-4-5-6-7-8-9-10-21-35-69-42-55(73)65-53(38-47-39-62-50-31-17-16-30-49(47)50)59(77)68-71(40-46-28-23-27-45-26-14-15-29-48(45)46)43-56(74)63-51(32-18-19-33-60)57(75)66-70(36-22-20-34-61)41-54(72)64-52(58(76)67-69)37-44-24-12-11-13-25-44;3-2(4,5)1(6)7/h14-17,23,26-31,39,44,51-53,62H,2-13,18-22,24-25,32-38,40-43,60-61H2,1H3,(H,63,74)(H,64,72)(H,65,73)(H,66,75)(H,67,76)(H,68,77);(H,6,7)/t51-,52-,53-;/m0./s1. The van der Waals surface area contributed by atoms with Gasteiger partial charge in [-0.2, -0.15) is 13.2 Å². The maximum Gasteiger partial charge on any atom is 0.490 e. The Morgan fingerprint density at radius 1 is 0.571 bits per heavy atom. The molecule has 3 atom stereocenters. The van der Waals surface area contributed by atoms with Crippen molar-refractivity contribution in [1.29, 1.82) is 0 Å². The number of hydrogen-bond acceptors (Lipinski definition) is 12. The minimum atomic E-state index is -5.08. The van der Waals surface area contributed by atoms with Gasteiger partial charge in [0.2, 0.25) is 17.7 Å². The molecule has 6 rings (SSSR count). The summed E-state index contributed by atoms with van der Waals surface area (Å²) in [5, 5.41) is 23.6. The highest BCUT2D eigenvalue weighted by molar-refractivity contribution is 5.93. The van der Waals surface area contributed by atoms with Crippen molar-refractivity contribution in [1.82, 2.24) is 52.2 Å². The molecule has 0 spiro atoms. The predicted molar refractivity (Wildman–Crippen MR) is 318 cm³/mol. The molecule has 1 saturated carbocycles. The molecule has 464 valence electrons. The summed E-state index contributed by atoms with van der Waals surface area (Å²) in [5.41, 5.74) is 23.3. The van der Waals surface area contributed by atoms with Gasteiger partial charge in [0.25, 0.3) is 17.7 Å². The lowest BCUT2D eigenvalue weighted by Gasteiger charge is -2.30. The van der Waals surface area contributed by atoms with Gasteiger partial charge in [-0.05, 0) is 91.9 Å². The topological polar surface area (TPSA) is 289 Å². The van der Waals surface area contributed by atoms with Crippen LogP contribution in [0.4, 0.5) is 13.2 Å². The number of aromatic nitrogens is 1. The van der Waals surface area contributed by atoms with Crippen molar-refractivity contribution in [2.24, 2.45) is 17.4 Å². The van der Waals surface area contributed by atoms with E-state index in [4.69, 9.17) is 21.4 Å². The molecule has 0 radical (unpaired) electrons. The number of halogens is 3. The van der Waals surface area contributed by atoms with Crippen LogP contribution in [-0.2, 0) is 46.5 Å². The Labute approximate surface area is 491 Å². The van der Waals surface area contributed by atoms with Gasteiger partial charge in [0.05, 0.1) is 19.6 Å². The monoisotopic (exact) mass is 1180 g/mol. The number of carbonyl (C=O) groups excluding carboxylic acids is 6. The zero-order valence-electron chi connectivity index (χ0n) is 48.9. The summed E-state index contributed by atoms with van der Waals surface area (Å²) in [5.74, 6) is -5.56. The van der Waals surface area contributed by atoms with Crippen LogP contribution < -0.4 is 43.7 Å². The van der Waals surface area contributed by atoms with Crippen LogP contribution in [0.5, 0.6) is 0 Å². The summed E-state index contributed by atoms with van der Waals surface area (Å²) in [6, 6.07) is 18.3. The molecule has 0 unspecified atom stereocenters. The molecule has 12 N–H and O–H groups in total.